The van der Waals surface area contributed by atoms with E-state index in [4.69, 9.17) is 0 Å². The van der Waals surface area contributed by atoms with Crippen LogP contribution in [0, 0.1) is 11.8 Å². The summed E-state index contributed by atoms with van der Waals surface area (Å²) in [6.07, 6.45) is 6.90. The summed E-state index contributed by atoms with van der Waals surface area (Å²) >= 11 is 0. The molecule has 5 nitrogen and oxygen atoms in total. The zero-order valence-electron chi connectivity index (χ0n) is 15.3. The van der Waals surface area contributed by atoms with Gasteiger partial charge in [-0.3, -0.25) is 9.59 Å². The highest BCUT2D eigenvalue weighted by molar-refractivity contribution is 5.97. The van der Waals surface area contributed by atoms with E-state index < -0.39 is 5.97 Å². The summed E-state index contributed by atoms with van der Waals surface area (Å²) in [5.74, 6) is -0.299. The predicted molar refractivity (Wildman–Crippen MR) is 100 cm³/mol. The summed E-state index contributed by atoms with van der Waals surface area (Å²) in [7, 11) is 0. The highest BCUT2D eigenvalue weighted by atomic mass is 16.4. The fourth-order valence-electron chi connectivity index (χ4n) is 4.33. The molecule has 5 heteroatoms. The summed E-state index contributed by atoms with van der Waals surface area (Å²) in [5, 5.41) is 9.23. The SMILES string of the molecule is O=C(O)C1CCCN(CCc2ccc3c(c2)CCCN3C(=O)C2CC2)C1. The molecule has 0 aromatic heterocycles. The number of amides is 1. The van der Waals surface area contributed by atoms with E-state index in [1.165, 1.54) is 11.1 Å². The van der Waals surface area contributed by atoms with Gasteiger partial charge in [0.25, 0.3) is 0 Å². The smallest absolute Gasteiger partial charge is 0.307 e. The van der Waals surface area contributed by atoms with E-state index in [0.717, 1.165) is 70.3 Å². The molecule has 1 saturated heterocycles. The summed E-state index contributed by atoms with van der Waals surface area (Å²) < 4.78 is 0. The largest absolute Gasteiger partial charge is 0.481 e. The van der Waals surface area contributed by atoms with Crippen LogP contribution in [0.2, 0.25) is 0 Å². The molecule has 2 fully saturated rings. The summed E-state index contributed by atoms with van der Waals surface area (Å²) in [5.41, 5.74) is 3.70. The lowest BCUT2D eigenvalue weighted by Gasteiger charge is -2.31. The van der Waals surface area contributed by atoms with Crippen molar-refractivity contribution in [1.29, 1.82) is 0 Å². The number of carboxylic acids is 1. The molecule has 1 atom stereocenters. The maximum Gasteiger partial charge on any atom is 0.307 e. The minimum atomic E-state index is -0.663. The first-order valence-electron chi connectivity index (χ1n) is 10.00. The molecule has 0 radical (unpaired) electrons. The monoisotopic (exact) mass is 356 g/mol. The molecule has 4 rings (SSSR count). The van der Waals surface area contributed by atoms with Crippen LogP contribution in [-0.2, 0) is 22.4 Å². The first-order chi connectivity index (χ1) is 12.6. The van der Waals surface area contributed by atoms with Gasteiger partial charge in [0.15, 0.2) is 0 Å². The van der Waals surface area contributed by atoms with Crippen molar-refractivity contribution in [3.8, 4) is 0 Å². The Balaban J connectivity index is 1.39. The van der Waals surface area contributed by atoms with Gasteiger partial charge in [-0.2, -0.15) is 0 Å². The second kappa shape index (κ2) is 7.39. The highest BCUT2D eigenvalue weighted by Gasteiger charge is 2.35. The van der Waals surface area contributed by atoms with Crippen LogP contribution in [0.1, 0.15) is 43.2 Å². The zero-order chi connectivity index (χ0) is 18.1. The Morgan fingerprint density at radius 1 is 1.08 bits per heavy atom. The number of benzene rings is 1. The number of aliphatic carboxylic acids is 1. The normalized spacial score (nSPS) is 23.5. The third-order valence-electron chi connectivity index (χ3n) is 6.03. The molecule has 1 aromatic carbocycles. The number of carbonyl (C=O) groups excluding carboxylic acids is 1. The number of aryl methyl sites for hydroxylation is 1. The fraction of sp³-hybridized carbons (Fsp3) is 0.619. The Labute approximate surface area is 155 Å². The van der Waals surface area contributed by atoms with Crippen molar-refractivity contribution in [2.45, 2.75) is 44.9 Å². The number of rotatable bonds is 5. The van der Waals surface area contributed by atoms with Crippen LogP contribution in [-0.4, -0.2) is 48.1 Å². The van der Waals surface area contributed by atoms with Crippen LogP contribution in [0.5, 0.6) is 0 Å². The predicted octanol–water partition coefficient (Wildman–Crippen LogP) is 2.71. The fourth-order valence-corrected chi connectivity index (χ4v) is 4.33. The number of fused-ring (bicyclic) bond motifs is 1. The molecule has 1 saturated carbocycles. The van der Waals surface area contributed by atoms with Gasteiger partial charge in [-0.25, -0.2) is 0 Å². The number of anilines is 1. The lowest BCUT2D eigenvalue weighted by Crippen LogP contribution is -2.39. The quantitative estimate of drug-likeness (QED) is 0.881. The van der Waals surface area contributed by atoms with Gasteiger partial charge in [0.2, 0.25) is 5.91 Å². The van der Waals surface area contributed by atoms with Gasteiger partial charge in [-0.15, -0.1) is 0 Å². The number of carboxylic acid groups (broad SMARTS) is 1. The number of carbonyl (C=O) groups is 2. The van der Waals surface area contributed by atoms with Crippen molar-refractivity contribution in [1.82, 2.24) is 4.90 Å². The lowest BCUT2D eigenvalue weighted by atomic mass is 9.96. The molecular formula is C21H28N2O3. The van der Waals surface area contributed by atoms with Gasteiger partial charge < -0.3 is 14.9 Å². The van der Waals surface area contributed by atoms with Crippen LogP contribution in [0.15, 0.2) is 18.2 Å². The number of hydrogen-bond acceptors (Lipinski definition) is 3. The number of nitrogens with zero attached hydrogens (tertiary/aromatic N) is 2. The molecule has 0 spiro atoms. The van der Waals surface area contributed by atoms with E-state index in [1.54, 1.807) is 0 Å². The van der Waals surface area contributed by atoms with E-state index >= 15 is 0 Å². The van der Waals surface area contributed by atoms with Crippen molar-refractivity contribution in [2.75, 3.05) is 31.1 Å². The average Bonchev–Trinajstić information content (AvgIpc) is 3.50. The average molecular weight is 356 g/mol. The van der Waals surface area contributed by atoms with Crippen LogP contribution in [0.3, 0.4) is 0 Å². The van der Waals surface area contributed by atoms with E-state index in [0.29, 0.717) is 12.5 Å². The molecule has 1 unspecified atom stereocenters. The maximum absolute atomic E-state index is 12.5. The molecule has 3 aliphatic rings. The van der Waals surface area contributed by atoms with Crippen molar-refractivity contribution < 1.29 is 14.7 Å². The molecule has 1 aliphatic carbocycles. The summed E-state index contributed by atoms with van der Waals surface area (Å²) in [6, 6.07) is 6.54. The van der Waals surface area contributed by atoms with E-state index in [1.807, 2.05) is 4.90 Å². The first-order valence-corrected chi connectivity index (χ1v) is 10.00. The van der Waals surface area contributed by atoms with Gasteiger partial charge in [0, 0.05) is 31.2 Å². The van der Waals surface area contributed by atoms with Crippen LogP contribution in [0.4, 0.5) is 5.69 Å². The Morgan fingerprint density at radius 3 is 2.69 bits per heavy atom. The highest BCUT2D eigenvalue weighted by Crippen LogP contribution is 2.36. The number of hydrogen-bond donors (Lipinski definition) is 1. The zero-order valence-corrected chi connectivity index (χ0v) is 15.3. The molecule has 140 valence electrons. The Kier molecular flexibility index (Phi) is 4.98. The Bertz CT molecular complexity index is 698. The van der Waals surface area contributed by atoms with Gasteiger partial charge in [-0.1, -0.05) is 12.1 Å². The first kappa shape index (κ1) is 17.5. The molecule has 2 heterocycles. The number of likely N-dealkylation sites (tertiary alicyclic amines) is 1. The standard InChI is InChI=1S/C21H28N2O3/c24-20(16-6-7-16)23-11-2-3-17-13-15(5-8-19(17)23)9-12-22-10-1-4-18(14-22)21(25)26/h5,8,13,16,18H,1-4,6-7,9-12,14H2,(H,25,26). The van der Waals surface area contributed by atoms with Crippen molar-refractivity contribution in [3.05, 3.63) is 29.3 Å². The molecule has 26 heavy (non-hydrogen) atoms. The van der Waals surface area contributed by atoms with Crippen LogP contribution < -0.4 is 4.90 Å². The number of piperidine rings is 1. The molecule has 1 aromatic rings. The topological polar surface area (TPSA) is 60.9 Å². The third kappa shape index (κ3) is 3.78. The molecular weight excluding hydrogens is 328 g/mol. The third-order valence-corrected chi connectivity index (χ3v) is 6.03. The van der Waals surface area contributed by atoms with Gasteiger partial charge >= 0.3 is 5.97 Å². The van der Waals surface area contributed by atoms with E-state index in [-0.39, 0.29) is 11.8 Å². The Morgan fingerprint density at radius 2 is 1.92 bits per heavy atom. The van der Waals surface area contributed by atoms with Gasteiger partial charge in [0.1, 0.15) is 0 Å². The van der Waals surface area contributed by atoms with E-state index in [2.05, 4.69) is 23.1 Å². The summed E-state index contributed by atoms with van der Waals surface area (Å²) in [6.45, 7) is 3.43. The maximum atomic E-state index is 12.5. The molecule has 2 aliphatic heterocycles. The van der Waals surface area contributed by atoms with Gasteiger partial charge in [0.05, 0.1) is 5.92 Å². The molecule has 1 N–H and O–H groups in total. The molecule has 1 amide bonds. The van der Waals surface area contributed by atoms with Gasteiger partial charge in [-0.05, 0) is 68.7 Å². The van der Waals surface area contributed by atoms with Crippen molar-refractivity contribution in [3.63, 3.8) is 0 Å². The van der Waals surface area contributed by atoms with Crippen molar-refractivity contribution >= 4 is 17.6 Å². The minimum Gasteiger partial charge on any atom is -0.481 e. The van der Waals surface area contributed by atoms with E-state index in [9.17, 15) is 14.7 Å². The lowest BCUT2D eigenvalue weighted by molar-refractivity contribution is -0.143. The van der Waals surface area contributed by atoms with Crippen LogP contribution in [0.25, 0.3) is 0 Å². The second-order valence-corrected chi connectivity index (χ2v) is 8.06. The van der Waals surface area contributed by atoms with Crippen molar-refractivity contribution in [2.24, 2.45) is 11.8 Å². The van der Waals surface area contributed by atoms with Crippen LogP contribution >= 0.6 is 0 Å². The molecule has 0 bridgehead atoms. The Hall–Kier alpha value is -1.88. The minimum absolute atomic E-state index is 0.214. The second-order valence-electron chi connectivity index (χ2n) is 8.06. The summed E-state index contributed by atoms with van der Waals surface area (Å²) in [4.78, 5) is 28.0.